The van der Waals surface area contributed by atoms with Crippen molar-refractivity contribution in [2.24, 2.45) is 11.8 Å². The molecule has 6 nitrogen and oxygen atoms in total. The van der Waals surface area contributed by atoms with E-state index in [-0.39, 0.29) is 22.6 Å². The number of carbonyl (C=O) groups excluding carboxylic acids is 1. The van der Waals surface area contributed by atoms with Gasteiger partial charge in [0.25, 0.3) is 0 Å². The van der Waals surface area contributed by atoms with Crippen molar-refractivity contribution in [2.45, 2.75) is 11.8 Å². The Morgan fingerprint density at radius 3 is 2.62 bits per heavy atom. The number of amides is 1. The minimum Gasteiger partial charge on any atom is -0.326 e. The van der Waals surface area contributed by atoms with E-state index in [4.69, 9.17) is 0 Å². The van der Waals surface area contributed by atoms with Crippen LogP contribution in [0.1, 0.15) is 6.92 Å². The maximum atomic E-state index is 12.2. The first-order valence-electron chi connectivity index (χ1n) is 6.86. The summed E-state index contributed by atoms with van der Waals surface area (Å²) < 4.78 is 25.3. The summed E-state index contributed by atoms with van der Waals surface area (Å²) in [5.41, 5.74) is 0.502. The normalized spacial score (nSPS) is 22.5. The quantitative estimate of drug-likeness (QED) is 0.859. The molecule has 0 spiro atoms. The lowest BCUT2D eigenvalue weighted by Gasteiger charge is -2.16. The van der Waals surface area contributed by atoms with E-state index in [0.717, 1.165) is 10.8 Å². The number of benzene rings is 1. The Kier molecular flexibility index (Phi) is 4.65. The smallest absolute Gasteiger partial charge is 0.242 e. The molecule has 2 unspecified atom stereocenters. The molecule has 116 valence electrons. The molecular formula is C14H21N3O3S. The van der Waals surface area contributed by atoms with Gasteiger partial charge in [-0.1, -0.05) is 13.0 Å². The van der Waals surface area contributed by atoms with Crippen molar-refractivity contribution in [3.8, 4) is 0 Å². The summed E-state index contributed by atoms with van der Waals surface area (Å²) >= 11 is 0. The van der Waals surface area contributed by atoms with Crippen LogP contribution in [0, 0.1) is 11.8 Å². The topological polar surface area (TPSA) is 78.5 Å². The first-order chi connectivity index (χ1) is 9.82. The largest absolute Gasteiger partial charge is 0.326 e. The maximum Gasteiger partial charge on any atom is 0.242 e. The van der Waals surface area contributed by atoms with Crippen molar-refractivity contribution in [1.82, 2.24) is 9.62 Å². The van der Waals surface area contributed by atoms with E-state index in [1.165, 1.54) is 26.2 Å². The molecule has 2 rings (SSSR count). The van der Waals surface area contributed by atoms with Crippen molar-refractivity contribution in [1.29, 1.82) is 0 Å². The molecule has 0 saturated carbocycles. The fraction of sp³-hybridized carbons (Fsp3) is 0.500. The third-order valence-corrected chi connectivity index (χ3v) is 5.55. The van der Waals surface area contributed by atoms with E-state index < -0.39 is 10.0 Å². The molecule has 0 aliphatic carbocycles. The van der Waals surface area contributed by atoms with Crippen LogP contribution in [0.15, 0.2) is 29.2 Å². The minimum absolute atomic E-state index is 0.0769. The highest BCUT2D eigenvalue weighted by Gasteiger charge is 2.29. The van der Waals surface area contributed by atoms with Gasteiger partial charge in [-0.25, -0.2) is 12.7 Å². The molecule has 1 fully saturated rings. The van der Waals surface area contributed by atoms with Gasteiger partial charge in [-0.2, -0.15) is 0 Å². The molecule has 2 atom stereocenters. The lowest BCUT2D eigenvalue weighted by Crippen LogP contribution is -2.28. The predicted molar refractivity (Wildman–Crippen MR) is 81.5 cm³/mol. The highest BCUT2D eigenvalue weighted by atomic mass is 32.2. The van der Waals surface area contributed by atoms with Crippen LogP contribution in [0.2, 0.25) is 0 Å². The van der Waals surface area contributed by atoms with Gasteiger partial charge in [-0.05, 0) is 30.7 Å². The second-order valence-electron chi connectivity index (χ2n) is 5.55. The number of nitrogens with zero attached hydrogens (tertiary/aromatic N) is 1. The van der Waals surface area contributed by atoms with E-state index in [0.29, 0.717) is 12.2 Å². The summed E-state index contributed by atoms with van der Waals surface area (Å²) in [5, 5.41) is 5.98. The highest BCUT2D eigenvalue weighted by molar-refractivity contribution is 7.89. The molecule has 1 saturated heterocycles. The number of sulfonamides is 1. The molecule has 0 radical (unpaired) electrons. The van der Waals surface area contributed by atoms with Gasteiger partial charge in [0.1, 0.15) is 0 Å². The molecular weight excluding hydrogens is 290 g/mol. The van der Waals surface area contributed by atoms with Crippen LogP contribution >= 0.6 is 0 Å². The summed E-state index contributed by atoms with van der Waals surface area (Å²) in [6, 6.07) is 6.33. The first kappa shape index (κ1) is 15.9. The standard InChI is InChI=1S/C14H21N3O3S/c1-10-8-15-9-13(10)14(18)16-11-5-4-6-12(7-11)21(19,20)17(2)3/h4-7,10,13,15H,8-9H2,1-3H3,(H,16,18). The molecule has 0 aromatic heterocycles. The highest BCUT2D eigenvalue weighted by Crippen LogP contribution is 2.21. The maximum absolute atomic E-state index is 12.2. The second kappa shape index (κ2) is 6.13. The van der Waals surface area contributed by atoms with Crippen LogP contribution < -0.4 is 10.6 Å². The summed E-state index contributed by atoms with van der Waals surface area (Å²) in [4.78, 5) is 12.4. The number of hydrogen-bond acceptors (Lipinski definition) is 4. The summed E-state index contributed by atoms with van der Waals surface area (Å²) in [7, 11) is -0.538. The van der Waals surface area contributed by atoms with Gasteiger partial charge in [0.2, 0.25) is 15.9 Å². The lowest BCUT2D eigenvalue weighted by molar-refractivity contribution is -0.120. The molecule has 1 aliphatic rings. The van der Waals surface area contributed by atoms with Gasteiger partial charge >= 0.3 is 0 Å². The van der Waals surface area contributed by atoms with Crippen molar-refractivity contribution in [2.75, 3.05) is 32.5 Å². The molecule has 2 N–H and O–H groups in total. The number of carbonyl (C=O) groups is 1. The Hall–Kier alpha value is -1.44. The van der Waals surface area contributed by atoms with Gasteiger partial charge in [0.05, 0.1) is 10.8 Å². The van der Waals surface area contributed by atoms with Gasteiger partial charge in [0, 0.05) is 26.3 Å². The third kappa shape index (κ3) is 3.42. The average Bonchev–Trinajstić information content (AvgIpc) is 2.85. The third-order valence-electron chi connectivity index (χ3n) is 3.73. The molecule has 1 heterocycles. The molecule has 1 amide bonds. The van der Waals surface area contributed by atoms with Gasteiger partial charge in [-0.3, -0.25) is 4.79 Å². The van der Waals surface area contributed by atoms with Gasteiger partial charge in [0.15, 0.2) is 0 Å². The average molecular weight is 311 g/mol. The van der Waals surface area contributed by atoms with Crippen LogP contribution in [0.5, 0.6) is 0 Å². The first-order valence-corrected chi connectivity index (χ1v) is 8.30. The van der Waals surface area contributed by atoms with Gasteiger partial charge < -0.3 is 10.6 Å². The number of rotatable bonds is 4. The summed E-state index contributed by atoms with van der Waals surface area (Å²) in [6.07, 6.45) is 0. The van der Waals surface area contributed by atoms with Crippen LogP contribution in [0.25, 0.3) is 0 Å². The zero-order valence-electron chi connectivity index (χ0n) is 12.5. The SMILES string of the molecule is CC1CNCC1C(=O)Nc1cccc(S(=O)(=O)N(C)C)c1. The molecule has 1 aromatic rings. The number of anilines is 1. The molecule has 7 heteroatoms. The van der Waals surface area contributed by atoms with Crippen molar-refractivity contribution in [3.05, 3.63) is 24.3 Å². The monoisotopic (exact) mass is 311 g/mol. The zero-order valence-corrected chi connectivity index (χ0v) is 13.3. The van der Waals surface area contributed by atoms with E-state index in [1.54, 1.807) is 12.1 Å². The summed E-state index contributed by atoms with van der Waals surface area (Å²) in [6.45, 7) is 3.51. The fourth-order valence-electron chi connectivity index (χ4n) is 2.34. The molecule has 1 aromatic carbocycles. The van der Waals surface area contributed by atoms with Gasteiger partial charge in [-0.15, -0.1) is 0 Å². The van der Waals surface area contributed by atoms with E-state index in [9.17, 15) is 13.2 Å². The van der Waals surface area contributed by atoms with E-state index in [1.807, 2.05) is 6.92 Å². The second-order valence-corrected chi connectivity index (χ2v) is 7.70. The van der Waals surface area contributed by atoms with Crippen LogP contribution in [0.4, 0.5) is 5.69 Å². The van der Waals surface area contributed by atoms with Crippen molar-refractivity contribution >= 4 is 21.6 Å². The predicted octanol–water partition coefficient (Wildman–Crippen LogP) is 0.731. The lowest BCUT2D eigenvalue weighted by atomic mass is 9.97. The zero-order chi connectivity index (χ0) is 15.6. The number of hydrogen-bond donors (Lipinski definition) is 2. The Bertz CT molecular complexity index is 628. The van der Waals surface area contributed by atoms with Crippen molar-refractivity contribution < 1.29 is 13.2 Å². The Labute approximate surface area is 125 Å². The Balaban J connectivity index is 2.17. The van der Waals surface area contributed by atoms with E-state index >= 15 is 0 Å². The number of nitrogens with one attached hydrogen (secondary N) is 2. The van der Waals surface area contributed by atoms with Crippen LogP contribution in [0.3, 0.4) is 0 Å². The molecule has 21 heavy (non-hydrogen) atoms. The van der Waals surface area contributed by atoms with Crippen LogP contribution in [-0.4, -0.2) is 45.8 Å². The van der Waals surface area contributed by atoms with E-state index in [2.05, 4.69) is 10.6 Å². The fourth-order valence-corrected chi connectivity index (χ4v) is 3.29. The summed E-state index contributed by atoms with van der Waals surface area (Å²) in [5.74, 6) is 0.115. The molecule has 1 aliphatic heterocycles. The minimum atomic E-state index is -3.50. The van der Waals surface area contributed by atoms with Crippen LogP contribution in [-0.2, 0) is 14.8 Å². The Morgan fingerprint density at radius 2 is 2.05 bits per heavy atom. The Morgan fingerprint density at radius 1 is 1.33 bits per heavy atom. The molecule has 0 bridgehead atoms. The van der Waals surface area contributed by atoms with Crippen molar-refractivity contribution in [3.63, 3.8) is 0 Å².